The highest BCUT2D eigenvalue weighted by Crippen LogP contribution is 2.20. The van der Waals surface area contributed by atoms with Gasteiger partial charge in [-0.2, -0.15) is 0 Å². The van der Waals surface area contributed by atoms with Crippen molar-refractivity contribution in [3.8, 4) is 0 Å². The zero-order valence-corrected chi connectivity index (χ0v) is 17.6. The minimum Gasteiger partial charge on any atom is -0.372 e. The van der Waals surface area contributed by atoms with Crippen LogP contribution in [0.5, 0.6) is 0 Å². The van der Waals surface area contributed by atoms with Gasteiger partial charge in [0.2, 0.25) is 5.91 Å². The Balaban J connectivity index is 1.58. The quantitative estimate of drug-likeness (QED) is 0.755. The number of carbonyl (C=O) groups excluding carboxylic acids is 2. The summed E-state index contributed by atoms with van der Waals surface area (Å²) < 4.78 is 0. The Morgan fingerprint density at radius 1 is 1.00 bits per heavy atom. The van der Waals surface area contributed by atoms with Crippen LogP contribution in [-0.4, -0.2) is 30.9 Å². The van der Waals surface area contributed by atoms with Crippen molar-refractivity contribution >= 4 is 17.5 Å². The fourth-order valence-electron chi connectivity index (χ4n) is 3.68. The third kappa shape index (κ3) is 5.37. The van der Waals surface area contributed by atoms with Gasteiger partial charge in [-0.25, -0.2) is 0 Å². The zero-order valence-electron chi connectivity index (χ0n) is 17.6. The molecule has 0 bridgehead atoms. The Morgan fingerprint density at radius 3 is 2.28 bits per heavy atom. The molecule has 29 heavy (non-hydrogen) atoms. The summed E-state index contributed by atoms with van der Waals surface area (Å²) in [5, 5.41) is 5.87. The number of amides is 2. The van der Waals surface area contributed by atoms with E-state index >= 15 is 0 Å². The normalized spacial score (nSPS) is 14.7. The summed E-state index contributed by atoms with van der Waals surface area (Å²) in [6.07, 6.45) is 2.51. The summed E-state index contributed by atoms with van der Waals surface area (Å²) in [7, 11) is 0. The van der Waals surface area contributed by atoms with Crippen molar-refractivity contribution in [3.63, 3.8) is 0 Å². The molecule has 1 saturated heterocycles. The van der Waals surface area contributed by atoms with Crippen molar-refractivity contribution in [1.29, 1.82) is 0 Å². The summed E-state index contributed by atoms with van der Waals surface area (Å²) in [6.45, 7) is 8.45. The first kappa shape index (κ1) is 20.9. The molecule has 2 aromatic rings. The molecule has 5 heteroatoms. The molecule has 0 spiro atoms. The van der Waals surface area contributed by atoms with Crippen LogP contribution in [0.2, 0.25) is 0 Å². The highest BCUT2D eigenvalue weighted by atomic mass is 16.2. The Labute approximate surface area is 173 Å². The first-order valence-corrected chi connectivity index (χ1v) is 10.4. The van der Waals surface area contributed by atoms with E-state index < -0.39 is 6.04 Å². The van der Waals surface area contributed by atoms with Gasteiger partial charge >= 0.3 is 0 Å². The molecule has 0 aliphatic carbocycles. The van der Waals surface area contributed by atoms with Crippen LogP contribution in [0.4, 0.5) is 5.69 Å². The van der Waals surface area contributed by atoms with E-state index in [-0.39, 0.29) is 17.7 Å². The van der Waals surface area contributed by atoms with E-state index in [9.17, 15) is 9.59 Å². The van der Waals surface area contributed by atoms with Gasteiger partial charge < -0.3 is 15.5 Å². The lowest BCUT2D eigenvalue weighted by molar-refractivity contribution is -0.124. The molecule has 0 saturated carbocycles. The summed E-state index contributed by atoms with van der Waals surface area (Å²) >= 11 is 0. The first-order valence-electron chi connectivity index (χ1n) is 10.4. The van der Waals surface area contributed by atoms with Crippen LogP contribution in [-0.2, 0) is 11.3 Å². The summed E-state index contributed by atoms with van der Waals surface area (Å²) in [6, 6.07) is 15.2. The number of carbonyl (C=O) groups is 2. The molecule has 1 unspecified atom stereocenters. The van der Waals surface area contributed by atoms with Gasteiger partial charge in [-0.3, -0.25) is 9.59 Å². The third-order valence-electron chi connectivity index (χ3n) is 5.50. The fraction of sp³-hybridized carbons (Fsp3) is 0.417. The van der Waals surface area contributed by atoms with Crippen LogP contribution in [0.1, 0.15) is 48.2 Å². The average Bonchev–Trinajstić information content (AvgIpc) is 3.25. The molecule has 1 heterocycles. The smallest absolute Gasteiger partial charge is 0.252 e. The van der Waals surface area contributed by atoms with Crippen LogP contribution in [0.15, 0.2) is 48.5 Å². The van der Waals surface area contributed by atoms with E-state index in [1.165, 1.54) is 18.5 Å². The number of aryl methyl sites for hydroxylation is 1. The van der Waals surface area contributed by atoms with E-state index in [4.69, 9.17) is 0 Å². The second-order valence-corrected chi connectivity index (χ2v) is 8.09. The van der Waals surface area contributed by atoms with Crippen LogP contribution in [0.3, 0.4) is 0 Å². The van der Waals surface area contributed by atoms with Crippen molar-refractivity contribution in [2.75, 3.05) is 18.0 Å². The molecule has 2 aromatic carbocycles. The van der Waals surface area contributed by atoms with E-state index in [1.54, 1.807) is 6.07 Å². The van der Waals surface area contributed by atoms with Gasteiger partial charge in [-0.05, 0) is 55.0 Å². The molecule has 1 aliphatic rings. The predicted octanol–water partition coefficient (Wildman–Crippen LogP) is 3.67. The van der Waals surface area contributed by atoms with Crippen LogP contribution < -0.4 is 15.5 Å². The van der Waals surface area contributed by atoms with Crippen molar-refractivity contribution in [3.05, 3.63) is 65.2 Å². The molecule has 0 radical (unpaired) electrons. The maximum Gasteiger partial charge on any atom is 0.252 e. The second kappa shape index (κ2) is 9.59. The molecule has 154 valence electrons. The highest BCUT2D eigenvalue weighted by Gasteiger charge is 2.25. The largest absolute Gasteiger partial charge is 0.372 e. The van der Waals surface area contributed by atoms with Gasteiger partial charge in [-0.1, -0.05) is 44.2 Å². The fourth-order valence-corrected chi connectivity index (χ4v) is 3.68. The molecule has 5 nitrogen and oxygen atoms in total. The number of nitrogens with one attached hydrogen (secondary N) is 2. The van der Waals surface area contributed by atoms with Crippen molar-refractivity contribution in [1.82, 2.24) is 10.6 Å². The Morgan fingerprint density at radius 2 is 1.66 bits per heavy atom. The van der Waals surface area contributed by atoms with E-state index in [0.29, 0.717) is 12.1 Å². The number of rotatable bonds is 7. The molecule has 2 N–H and O–H groups in total. The maximum atomic E-state index is 12.8. The number of hydrogen-bond acceptors (Lipinski definition) is 3. The minimum atomic E-state index is -0.578. The number of anilines is 1. The summed E-state index contributed by atoms with van der Waals surface area (Å²) in [5.74, 6) is -0.391. The molecule has 1 fully saturated rings. The average molecular weight is 394 g/mol. The first-order chi connectivity index (χ1) is 14.0. The zero-order chi connectivity index (χ0) is 20.8. The van der Waals surface area contributed by atoms with Crippen molar-refractivity contribution in [2.24, 2.45) is 5.92 Å². The van der Waals surface area contributed by atoms with Gasteiger partial charge in [0.25, 0.3) is 5.91 Å². The van der Waals surface area contributed by atoms with Crippen LogP contribution in [0.25, 0.3) is 0 Å². The van der Waals surface area contributed by atoms with Gasteiger partial charge in [0.05, 0.1) is 0 Å². The lowest BCUT2D eigenvalue weighted by atomic mass is 10.0. The van der Waals surface area contributed by atoms with Gasteiger partial charge in [0.1, 0.15) is 6.04 Å². The molecule has 3 rings (SSSR count). The Bertz CT molecular complexity index is 839. The van der Waals surface area contributed by atoms with E-state index in [1.807, 2.05) is 39.0 Å². The van der Waals surface area contributed by atoms with Crippen molar-refractivity contribution in [2.45, 2.75) is 46.2 Å². The number of benzene rings is 2. The topological polar surface area (TPSA) is 61.4 Å². The van der Waals surface area contributed by atoms with E-state index in [0.717, 1.165) is 24.2 Å². The van der Waals surface area contributed by atoms with Crippen molar-refractivity contribution < 1.29 is 9.59 Å². The molecule has 0 aromatic heterocycles. The number of hydrogen-bond donors (Lipinski definition) is 2. The van der Waals surface area contributed by atoms with E-state index in [2.05, 4.69) is 39.8 Å². The van der Waals surface area contributed by atoms with Gasteiger partial charge in [0.15, 0.2) is 0 Å². The highest BCUT2D eigenvalue weighted by molar-refractivity contribution is 5.98. The molecular weight excluding hydrogens is 362 g/mol. The Kier molecular flexibility index (Phi) is 6.91. The third-order valence-corrected chi connectivity index (χ3v) is 5.50. The minimum absolute atomic E-state index is 0.0134. The molecular formula is C24H31N3O2. The molecule has 1 aliphatic heterocycles. The lowest BCUT2D eigenvalue weighted by Gasteiger charge is -2.22. The predicted molar refractivity (Wildman–Crippen MR) is 117 cm³/mol. The van der Waals surface area contributed by atoms with Crippen LogP contribution in [0, 0.1) is 12.8 Å². The van der Waals surface area contributed by atoms with Gasteiger partial charge in [-0.15, -0.1) is 0 Å². The summed E-state index contributed by atoms with van der Waals surface area (Å²) in [4.78, 5) is 27.8. The standard InChI is InChI=1S/C24H31N3O2/c1-17(2)22(26-23(28)21-9-5-4-8-18(21)3)24(29)25-16-19-10-12-20(13-11-19)27-14-6-7-15-27/h4-5,8-13,17,22H,6-7,14-16H2,1-3H3,(H,25,29)(H,26,28). The second-order valence-electron chi connectivity index (χ2n) is 8.09. The SMILES string of the molecule is Cc1ccccc1C(=O)NC(C(=O)NCc1ccc(N2CCCC2)cc1)C(C)C. The molecule has 2 amide bonds. The molecule has 1 atom stereocenters. The summed E-state index contributed by atoms with van der Waals surface area (Å²) in [5.41, 5.74) is 3.78. The maximum absolute atomic E-state index is 12.8. The number of nitrogens with zero attached hydrogens (tertiary/aromatic N) is 1. The van der Waals surface area contributed by atoms with Gasteiger partial charge in [0, 0.05) is 30.9 Å². The van der Waals surface area contributed by atoms with Crippen LogP contribution >= 0.6 is 0 Å². The lowest BCUT2D eigenvalue weighted by Crippen LogP contribution is -2.49. The monoisotopic (exact) mass is 393 g/mol. The Hall–Kier alpha value is -2.82.